The third-order valence-corrected chi connectivity index (χ3v) is 3.99. The maximum atomic E-state index is 12.1. The van der Waals surface area contributed by atoms with Gasteiger partial charge in [-0.25, -0.2) is 4.79 Å². The zero-order valence-electron chi connectivity index (χ0n) is 14.8. The summed E-state index contributed by atoms with van der Waals surface area (Å²) in [5.41, 5.74) is 3.25. The molecule has 7 heteroatoms. The minimum atomic E-state index is -0.520. The second-order valence-corrected chi connectivity index (χ2v) is 5.93. The number of carbonyl (C=O) groups is 1. The molecule has 0 saturated carbocycles. The first kappa shape index (κ1) is 17.4. The van der Waals surface area contributed by atoms with Crippen molar-refractivity contribution in [1.29, 1.82) is 0 Å². The minimum absolute atomic E-state index is 0.396. The number of pyridine rings is 1. The lowest BCUT2D eigenvalue weighted by Gasteiger charge is -2.08. The van der Waals surface area contributed by atoms with Gasteiger partial charge in [0, 0.05) is 23.9 Å². The summed E-state index contributed by atoms with van der Waals surface area (Å²) < 4.78 is 10.6. The number of benzene rings is 2. The van der Waals surface area contributed by atoms with E-state index in [1.165, 1.54) is 6.39 Å². The summed E-state index contributed by atoms with van der Waals surface area (Å²) in [6.45, 7) is 0.396. The lowest BCUT2D eigenvalue weighted by Crippen LogP contribution is -2.26. The van der Waals surface area contributed by atoms with E-state index in [9.17, 15) is 4.79 Å². The van der Waals surface area contributed by atoms with Crippen LogP contribution in [0.3, 0.4) is 0 Å². The first-order valence-electron chi connectivity index (χ1n) is 8.60. The standard InChI is InChI=1S/C21H16N4O3/c26-21(23-13-15-5-2-1-3-6-15)28-18-8-4-7-16(11-18)19-12-17(9-10-22-19)20-25-24-14-27-20/h1-12,14H,13H2,(H,23,26). The number of nitrogens with zero attached hydrogens (tertiary/aromatic N) is 3. The van der Waals surface area contributed by atoms with Crippen molar-refractivity contribution in [3.63, 3.8) is 0 Å². The van der Waals surface area contributed by atoms with Gasteiger partial charge < -0.3 is 14.5 Å². The van der Waals surface area contributed by atoms with Crippen LogP contribution in [0.25, 0.3) is 22.7 Å². The fourth-order valence-electron chi connectivity index (χ4n) is 2.65. The highest BCUT2D eigenvalue weighted by molar-refractivity contribution is 5.72. The highest BCUT2D eigenvalue weighted by Gasteiger charge is 2.09. The van der Waals surface area contributed by atoms with Crippen LogP contribution >= 0.6 is 0 Å². The molecule has 0 unspecified atom stereocenters. The van der Waals surface area contributed by atoms with Crippen molar-refractivity contribution in [1.82, 2.24) is 20.5 Å². The molecule has 0 bridgehead atoms. The predicted octanol–water partition coefficient (Wildman–Crippen LogP) is 4.09. The Kier molecular flexibility index (Phi) is 5.06. The van der Waals surface area contributed by atoms with Gasteiger partial charge in [-0.2, -0.15) is 0 Å². The van der Waals surface area contributed by atoms with Crippen molar-refractivity contribution in [2.45, 2.75) is 6.54 Å². The van der Waals surface area contributed by atoms with Crippen LogP contribution in [0.15, 0.2) is 83.7 Å². The molecule has 0 aliphatic heterocycles. The van der Waals surface area contributed by atoms with Crippen LogP contribution in [0.5, 0.6) is 5.75 Å². The number of ether oxygens (including phenoxy) is 1. The third kappa shape index (κ3) is 4.21. The molecule has 0 aliphatic carbocycles. The van der Waals surface area contributed by atoms with Crippen LogP contribution in [0.1, 0.15) is 5.56 Å². The molecule has 1 amide bonds. The number of nitrogens with one attached hydrogen (secondary N) is 1. The van der Waals surface area contributed by atoms with E-state index < -0.39 is 6.09 Å². The third-order valence-electron chi connectivity index (χ3n) is 3.99. The van der Waals surface area contributed by atoms with Crippen molar-refractivity contribution >= 4 is 6.09 Å². The molecule has 2 heterocycles. The Balaban J connectivity index is 1.46. The predicted molar refractivity (Wildman–Crippen MR) is 102 cm³/mol. The van der Waals surface area contributed by atoms with E-state index in [-0.39, 0.29) is 0 Å². The summed E-state index contributed by atoms with van der Waals surface area (Å²) in [5, 5.41) is 10.3. The molecule has 1 N–H and O–H groups in total. The van der Waals surface area contributed by atoms with E-state index in [0.29, 0.717) is 23.9 Å². The fraction of sp³-hybridized carbons (Fsp3) is 0.0476. The maximum Gasteiger partial charge on any atom is 0.412 e. The molecular weight excluding hydrogens is 356 g/mol. The Bertz CT molecular complexity index is 1070. The lowest BCUT2D eigenvalue weighted by atomic mass is 10.1. The Hall–Kier alpha value is -4.00. The average Bonchev–Trinajstić information content (AvgIpc) is 3.28. The van der Waals surface area contributed by atoms with Gasteiger partial charge in [-0.05, 0) is 29.8 Å². The van der Waals surface area contributed by atoms with Crippen molar-refractivity contribution in [2.75, 3.05) is 0 Å². The minimum Gasteiger partial charge on any atom is -0.423 e. The van der Waals surface area contributed by atoms with E-state index in [1.54, 1.807) is 30.5 Å². The van der Waals surface area contributed by atoms with Gasteiger partial charge in [0.25, 0.3) is 0 Å². The highest BCUT2D eigenvalue weighted by atomic mass is 16.6. The van der Waals surface area contributed by atoms with E-state index in [2.05, 4.69) is 20.5 Å². The molecule has 2 aromatic carbocycles. The smallest absolute Gasteiger partial charge is 0.412 e. The molecule has 4 aromatic rings. The topological polar surface area (TPSA) is 90.1 Å². The summed E-state index contributed by atoms with van der Waals surface area (Å²) in [4.78, 5) is 16.4. The van der Waals surface area contributed by atoms with E-state index in [0.717, 1.165) is 16.7 Å². The summed E-state index contributed by atoms with van der Waals surface area (Å²) in [6, 6.07) is 20.4. The molecule has 0 spiro atoms. The van der Waals surface area contributed by atoms with Crippen LogP contribution in [0.4, 0.5) is 4.79 Å². The van der Waals surface area contributed by atoms with Gasteiger partial charge in [0.15, 0.2) is 0 Å². The van der Waals surface area contributed by atoms with Gasteiger partial charge in [-0.3, -0.25) is 4.98 Å². The maximum absolute atomic E-state index is 12.1. The second kappa shape index (κ2) is 8.13. The summed E-state index contributed by atoms with van der Waals surface area (Å²) in [7, 11) is 0. The van der Waals surface area contributed by atoms with Crippen LogP contribution in [0.2, 0.25) is 0 Å². The van der Waals surface area contributed by atoms with Crippen LogP contribution < -0.4 is 10.1 Å². The number of hydrogen-bond acceptors (Lipinski definition) is 6. The Morgan fingerprint density at radius 3 is 2.71 bits per heavy atom. The molecule has 4 rings (SSSR count). The Labute approximate surface area is 161 Å². The van der Waals surface area contributed by atoms with Crippen LogP contribution in [-0.2, 0) is 6.54 Å². The molecule has 7 nitrogen and oxygen atoms in total. The van der Waals surface area contributed by atoms with Crippen LogP contribution in [0, 0.1) is 0 Å². The van der Waals surface area contributed by atoms with Crippen molar-refractivity contribution < 1.29 is 13.9 Å². The van der Waals surface area contributed by atoms with Crippen LogP contribution in [-0.4, -0.2) is 21.3 Å². The molecule has 0 saturated heterocycles. The highest BCUT2D eigenvalue weighted by Crippen LogP contribution is 2.26. The fourth-order valence-corrected chi connectivity index (χ4v) is 2.65. The summed E-state index contributed by atoms with van der Waals surface area (Å²) in [5.74, 6) is 0.837. The normalized spacial score (nSPS) is 10.4. The molecule has 2 aromatic heterocycles. The van der Waals surface area contributed by atoms with Crippen molar-refractivity contribution in [2.24, 2.45) is 0 Å². The number of hydrogen-bond donors (Lipinski definition) is 1. The molecular formula is C21H16N4O3. The quantitative estimate of drug-likeness (QED) is 0.567. The summed E-state index contributed by atoms with van der Waals surface area (Å²) in [6.07, 6.45) is 2.42. The first-order valence-corrected chi connectivity index (χ1v) is 8.60. The first-order chi connectivity index (χ1) is 13.8. The van der Waals surface area contributed by atoms with Gasteiger partial charge in [0.05, 0.1) is 5.69 Å². The van der Waals surface area contributed by atoms with E-state index in [4.69, 9.17) is 9.15 Å². The molecule has 0 aliphatic rings. The van der Waals surface area contributed by atoms with Gasteiger partial charge >= 0.3 is 6.09 Å². The molecule has 138 valence electrons. The van der Waals surface area contributed by atoms with E-state index in [1.807, 2.05) is 42.5 Å². The molecule has 0 radical (unpaired) electrons. The molecule has 0 fully saturated rings. The number of amides is 1. The van der Waals surface area contributed by atoms with Crippen molar-refractivity contribution in [3.8, 4) is 28.5 Å². The Morgan fingerprint density at radius 1 is 1.00 bits per heavy atom. The lowest BCUT2D eigenvalue weighted by molar-refractivity contribution is 0.200. The SMILES string of the molecule is O=C(NCc1ccccc1)Oc1cccc(-c2cc(-c3nnco3)ccn2)c1. The van der Waals surface area contributed by atoms with Gasteiger partial charge in [0.1, 0.15) is 5.75 Å². The van der Waals surface area contributed by atoms with Gasteiger partial charge in [-0.1, -0.05) is 42.5 Å². The Morgan fingerprint density at radius 2 is 1.89 bits per heavy atom. The van der Waals surface area contributed by atoms with Crippen molar-refractivity contribution in [3.05, 3.63) is 84.9 Å². The molecule has 28 heavy (non-hydrogen) atoms. The van der Waals surface area contributed by atoms with E-state index >= 15 is 0 Å². The number of carbonyl (C=O) groups excluding carboxylic acids is 1. The van der Waals surface area contributed by atoms with Gasteiger partial charge in [0.2, 0.25) is 12.3 Å². The largest absolute Gasteiger partial charge is 0.423 e. The monoisotopic (exact) mass is 372 g/mol. The number of rotatable bonds is 5. The number of aromatic nitrogens is 3. The molecule has 0 atom stereocenters. The zero-order chi connectivity index (χ0) is 19.2. The van der Waals surface area contributed by atoms with Gasteiger partial charge in [-0.15, -0.1) is 10.2 Å². The second-order valence-electron chi connectivity index (χ2n) is 5.93. The summed E-state index contributed by atoms with van der Waals surface area (Å²) >= 11 is 0. The average molecular weight is 372 g/mol. The zero-order valence-corrected chi connectivity index (χ0v) is 14.8.